The molecular weight excluding hydrogens is 264 g/mol. The average Bonchev–Trinajstić information content (AvgIpc) is 2.52. The lowest BCUT2D eigenvalue weighted by Crippen LogP contribution is -2.35. The third kappa shape index (κ3) is 4.99. The molecule has 0 bridgehead atoms. The highest BCUT2D eigenvalue weighted by molar-refractivity contribution is 5.30. The van der Waals surface area contributed by atoms with Gasteiger partial charge in [-0.1, -0.05) is 12.1 Å². The molecular formula is C17H28N2O2. The number of ether oxygens (including phenoxy) is 2. The maximum absolute atomic E-state index is 5.41. The summed E-state index contributed by atoms with van der Waals surface area (Å²) in [6, 6.07) is 8.71. The van der Waals surface area contributed by atoms with Gasteiger partial charge >= 0.3 is 0 Å². The Balaban J connectivity index is 1.89. The minimum Gasteiger partial charge on any atom is -0.497 e. The highest BCUT2D eigenvalue weighted by Gasteiger charge is 2.17. The molecule has 0 spiro atoms. The molecule has 0 amide bonds. The summed E-state index contributed by atoms with van der Waals surface area (Å²) in [6.07, 6.45) is 2.36. The summed E-state index contributed by atoms with van der Waals surface area (Å²) in [5, 5.41) is 3.63. The molecule has 0 radical (unpaired) electrons. The number of hydrogen-bond donors (Lipinski definition) is 1. The number of likely N-dealkylation sites (N-methyl/N-ethyl adjacent to an activating group) is 1. The van der Waals surface area contributed by atoms with Crippen LogP contribution in [-0.4, -0.2) is 52.4 Å². The van der Waals surface area contributed by atoms with E-state index >= 15 is 0 Å². The van der Waals surface area contributed by atoms with Gasteiger partial charge in [0.1, 0.15) is 5.75 Å². The molecule has 1 N–H and O–H groups in total. The largest absolute Gasteiger partial charge is 0.497 e. The van der Waals surface area contributed by atoms with Crippen LogP contribution in [0.2, 0.25) is 0 Å². The number of nitrogens with one attached hydrogen (secondary N) is 1. The summed E-state index contributed by atoms with van der Waals surface area (Å²) in [6.45, 7) is 3.87. The smallest absolute Gasteiger partial charge is 0.119 e. The van der Waals surface area contributed by atoms with Gasteiger partial charge in [-0.15, -0.1) is 0 Å². The number of hydrogen-bond acceptors (Lipinski definition) is 4. The van der Waals surface area contributed by atoms with Crippen molar-refractivity contribution in [1.29, 1.82) is 0 Å². The Morgan fingerprint density at radius 2 is 2.10 bits per heavy atom. The maximum Gasteiger partial charge on any atom is 0.119 e. The second kappa shape index (κ2) is 8.37. The van der Waals surface area contributed by atoms with Crippen LogP contribution >= 0.6 is 0 Å². The van der Waals surface area contributed by atoms with Gasteiger partial charge in [0, 0.05) is 25.8 Å². The average molecular weight is 292 g/mol. The van der Waals surface area contributed by atoms with Crippen LogP contribution in [0, 0.1) is 5.92 Å². The topological polar surface area (TPSA) is 33.7 Å². The molecule has 1 aliphatic rings. The van der Waals surface area contributed by atoms with Gasteiger partial charge < -0.3 is 19.7 Å². The van der Waals surface area contributed by atoms with Crippen molar-refractivity contribution in [2.24, 2.45) is 5.92 Å². The summed E-state index contributed by atoms with van der Waals surface area (Å²) in [5.41, 5.74) is 1.29. The SMILES string of the molecule is COc1cccc(C(CNCC2CCOCC2)N(C)C)c1. The molecule has 1 saturated heterocycles. The third-order valence-corrected chi connectivity index (χ3v) is 4.21. The lowest BCUT2D eigenvalue weighted by molar-refractivity contribution is 0.0658. The second-order valence-corrected chi connectivity index (χ2v) is 5.97. The van der Waals surface area contributed by atoms with Crippen molar-refractivity contribution in [2.45, 2.75) is 18.9 Å². The van der Waals surface area contributed by atoms with Gasteiger partial charge in [0.25, 0.3) is 0 Å². The molecule has 4 nitrogen and oxygen atoms in total. The molecule has 1 atom stereocenters. The molecule has 0 aromatic heterocycles. The lowest BCUT2D eigenvalue weighted by Gasteiger charge is -2.27. The van der Waals surface area contributed by atoms with Crippen molar-refractivity contribution < 1.29 is 9.47 Å². The fraction of sp³-hybridized carbons (Fsp3) is 0.647. The lowest BCUT2D eigenvalue weighted by atomic mass is 10.00. The number of rotatable bonds is 7. The minimum atomic E-state index is 0.361. The normalized spacial score (nSPS) is 17.9. The van der Waals surface area contributed by atoms with Crippen LogP contribution in [0.3, 0.4) is 0 Å². The van der Waals surface area contributed by atoms with Gasteiger partial charge in [0.05, 0.1) is 7.11 Å². The summed E-state index contributed by atoms with van der Waals surface area (Å²) in [7, 11) is 5.97. The molecule has 0 saturated carbocycles. The van der Waals surface area contributed by atoms with Gasteiger partial charge in [-0.05, 0) is 57.1 Å². The van der Waals surface area contributed by atoms with E-state index in [1.165, 1.54) is 18.4 Å². The first-order valence-electron chi connectivity index (χ1n) is 7.79. The van der Waals surface area contributed by atoms with Crippen molar-refractivity contribution in [2.75, 3.05) is 47.5 Å². The van der Waals surface area contributed by atoms with E-state index in [0.29, 0.717) is 6.04 Å². The standard InChI is InChI=1S/C17H28N2O2/c1-19(2)17(15-5-4-6-16(11-15)20-3)13-18-12-14-7-9-21-10-8-14/h4-6,11,14,17-18H,7-10,12-13H2,1-3H3. The number of nitrogens with zero attached hydrogens (tertiary/aromatic N) is 1. The molecule has 1 aliphatic heterocycles. The van der Waals surface area contributed by atoms with Crippen LogP contribution in [0.5, 0.6) is 5.75 Å². The highest BCUT2D eigenvalue weighted by atomic mass is 16.5. The first-order valence-corrected chi connectivity index (χ1v) is 7.79. The van der Waals surface area contributed by atoms with E-state index in [4.69, 9.17) is 9.47 Å². The zero-order valence-electron chi connectivity index (χ0n) is 13.5. The minimum absolute atomic E-state index is 0.361. The van der Waals surface area contributed by atoms with Crippen molar-refractivity contribution in [3.8, 4) is 5.75 Å². The summed E-state index contributed by atoms with van der Waals surface area (Å²) in [4.78, 5) is 2.26. The molecule has 0 aliphatic carbocycles. The van der Waals surface area contributed by atoms with Crippen LogP contribution in [0.15, 0.2) is 24.3 Å². The molecule has 1 heterocycles. The van der Waals surface area contributed by atoms with Gasteiger partial charge in [-0.2, -0.15) is 0 Å². The van der Waals surface area contributed by atoms with Gasteiger partial charge in [-0.25, -0.2) is 0 Å². The van der Waals surface area contributed by atoms with E-state index in [-0.39, 0.29) is 0 Å². The highest BCUT2D eigenvalue weighted by Crippen LogP contribution is 2.22. The molecule has 1 fully saturated rings. The third-order valence-electron chi connectivity index (χ3n) is 4.21. The zero-order chi connectivity index (χ0) is 15.1. The van der Waals surface area contributed by atoms with E-state index in [1.807, 2.05) is 6.07 Å². The van der Waals surface area contributed by atoms with Crippen molar-refractivity contribution in [1.82, 2.24) is 10.2 Å². The Kier molecular flexibility index (Phi) is 6.49. The summed E-state index contributed by atoms with van der Waals surface area (Å²) in [5.74, 6) is 1.68. The quantitative estimate of drug-likeness (QED) is 0.836. The molecule has 1 aromatic carbocycles. The van der Waals surface area contributed by atoms with Crippen molar-refractivity contribution >= 4 is 0 Å². The predicted octanol–water partition coefficient (Wildman–Crippen LogP) is 2.31. The predicted molar refractivity (Wildman–Crippen MR) is 85.8 cm³/mol. The van der Waals surface area contributed by atoms with Crippen LogP contribution in [0.25, 0.3) is 0 Å². The fourth-order valence-corrected chi connectivity index (χ4v) is 2.82. The Morgan fingerprint density at radius 3 is 2.76 bits per heavy atom. The molecule has 1 unspecified atom stereocenters. The van der Waals surface area contributed by atoms with Crippen LogP contribution in [-0.2, 0) is 4.74 Å². The Labute approximate surface area is 128 Å². The van der Waals surface area contributed by atoms with E-state index in [9.17, 15) is 0 Å². The number of benzene rings is 1. The maximum atomic E-state index is 5.41. The first-order chi connectivity index (χ1) is 10.2. The Morgan fingerprint density at radius 1 is 1.33 bits per heavy atom. The van der Waals surface area contributed by atoms with Gasteiger partial charge in [-0.3, -0.25) is 0 Å². The van der Waals surface area contributed by atoms with E-state index in [1.54, 1.807) is 7.11 Å². The van der Waals surface area contributed by atoms with Crippen LogP contribution in [0.1, 0.15) is 24.4 Å². The molecule has 2 rings (SSSR count). The van der Waals surface area contributed by atoms with Crippen molar-refractivity contribution in [3.63, 3.8) is 0 Å². The van der Waals surface area contributed by atoms with E-state index in [0.717, 1.165) is 38.0 Å². The summed E-state index contributed by atoms with van der Waals surface area (Å²) < 4.78 is 10.7. The Bertz CT molecular complexity index is 417. The van der Waals surface area contributed by atoms with Crippen LogP contribution < -0.4 is 10.1 Å². The molecule has 118 valence electrons. The van der Waals surface area contributed by atoms with E-state index < -0.39 is 0 Å². The number of methoxy groups -OCH3 is 1. The molecule has 1 aromatic rings. The van der Waals surface area contributed by atoms with Gasteiger partial charge in [0.2, 0.25) is 0 Å². The molecule has 4 heteroatoms. The summed E-state index contributed by atoms with van der Waals surface area (Å²) >= 11 is 0. The van der Waals surface area contributed by atoms with E-state index in [2.05, 4.69) is 42.5 Å². The first kappa shape index (κ1) is 16.3. The molecule has 21 heavy (non-hydrogen) atoms. The second-order valence-electron chi connectivity index (χ2n) is 5.97. The van der Waals surface area contributed by atoms with Crippen molar-refractivity contribution in [3.05, 3.63) is 29.8 Å². The monoisotopic (exact) mass is 292 g/mol. The fourth-order valence-electron chi connectivity index (χ4n) is 2.82. The van der Waals surface area contributed by atoms with Crippen LogP contribution in [0.4, 0.5) is 0 Å². The Hall–Kier alpha value is -1.10. The zero-order valence-corrected chi connectivity index (χ0v) is 13.5. The van der Waals surface area contributed by atoms with Gasteiger partial charge in [0.15, 0.2) is 0 Å².